The van der Waals surface area contributed by atoms with Crippen molar-refractivity contribution < 1.29 is 45.6 Å². The molecule has 0 fully saturated rings. The Kier molecular flexibility index (Phi) is 13.2. The second-order valence-corrected chi connectivity index (χ2v) is 1.89. The molecule has 0 unspecified atom stereocenters. The Morgan fingerprint density at radius 3 is 2.15 bits per heavy atom. The number of hydrogen-bond acceptors (Lipinski definition) is 3. The summed E-state index contributed by atoms with van der Waals surface area (Å²) in [7, 11) is 0. The molecule has 0 aromatic heterocycles. The number of phenolic OH excluding ortho intramolecular Hbond substituents is 1. The minimum absolute atomic E-state index is 0. The molecule has 0 aliphatic heterocycles. The normalized spacial score (nSPS) is 7.15. The summed E-state index contributed by atoms with van der Waals surface area (Å²) < 4.78 is 4.15. The first-order valence-corrected chi connectivity index (χ1v) is 3.60. The number of aromatic hydroxyl groups is 1. The number of carbonyl (C=O) groups excluding carboxylic acids is 1. The van der Waals surface area contributed by atoms with Crippen molar-refractivity contribution in [3.63, 3.8) is 0 Å². The molecule has 0 aliphatic rings. The van der Waals surface area contributed by atoms with Crippen LogP contribution in [-0.2, 0) is 9.53 Å². The van der Waals surface area contributed by atoms with Gasteiger partial charge in [-0.1, -0.05) is 18.2 Å². The van der Waals surface area contributed by atoms with Gasteiger partial charge in [0.25, 0.3) is 6.47 Å². The first kappa shape index (κ1) is 15.0. The summed E-state index contributed by atoms with van der Waals surface area (Å²) in [6, 6.07) is 8.71. The predicted molar refractivity (Wildman–Crippen MR) is 46.9 cm³/mol. The van der Waals surface area contributed by atoms with Crippen molar-refractivity contribution in [2.45, 2.75) is 6.92 Å². The molecule has 1 N–H and O–H groups in total. The fourth-order valence-corrected chi connectivity index (χ4v) is 0.496. The van der Waals surface area contributed by atoms with Gasteiger partial charge in [-0.15, -0.1) is 0 Å². The van der Waals surface area contributed by atoms with Crippen LogP contribution in [0.3, 0.4) is 0 Å². The van der Waals surface area contributed by atoms with Crippen molar-refractivity contribution in [2.75, 3.05) is 6.61 Å². The van der Waals surface area contributed by atoms with E-state index in [2.05, 4.69) is 4.74 Å². The number of benzene rings is 1. The Bertz CT molecular complexity index is 206. The number of para-hydroxylation sites is 1. The molecule has 1 aromatic carbocycles. The van der Waals surface area contributed by atoms with Gasteiger partial charge in [-0.05, 0) is 19.1 Å². The first-order valence-electron chi connectivity index (χ1n) is 3.60. The van der Waals surface area contributed by atoms with E-state index < -0.39 is 0 Å². The molecule has 0 bridgehead atoms. The van der Waals surface area contributed by atoms with Crippen LogP contribution < -0.4 is 29.6 Å². The molecule has 0 spiro atoms. The molecule has 13 heavy (non-hydrogen) atoms. The molecule has 68 valence electrons. The molecule has 0 amide bonds. The minimum Gasteiger partial charge on any atom is -1.00 e. The van der Waals surface area contributed by atoms with Crippen LogP contribution in [0.5, 0.6) is 5.75 Å². The smallest absolute Gasteiger partial charge is 1.00 e. The zero-order chi connectivity index (χ0) is 9.23. The van der Waals surface area contributed by atoms with E-state index in [1.807, 2.05) is 6.07 Å². The third-order valence-electron chi connectivity index (χ3n) is 0.991. The van der Waals surface area contributed by atoms with Crippen molar-refractivity contribution in [3.8, 4) is 5.75 Å². The van der Waals surface area contributed by atoms with Crippen molar-refractivity contribution >= 4 is 6.47 Å². The largest absolute Gasteiger partial charge is 1.00 e. The molecule has 0 aliphatic carbocycles. The van der Waals surface area contributed by atoms with Crippen LogP contribution in [0.1, 0.15) is 8.35 Å². The summed E-state index contributed by atoms with van der Waals surface area (Å²) in [5.41, 5.74) is 0. The van der Waals surface area contributed by atoms with Gasteiger partial charge in [0.05, 0.1) is 6.61 Å². The van der Waals surface area contributed by atoms with E-state index in [1.165, 1.54) is 0 Å². The summed E-state index contributed by atoms with van der Waals surface area (Å²) in [4.78, 5) is 9.18. The summed E-state index contributed by atoms with van der Waals surface area (Å²) >= 11 is 0. The van der Waals surface area contributed by atoms with Gasteiger partial charge in [-0.25, -0.2) is 0 Å². The molecule has 0 heterocycles. The van der Waals surface area contributed by atoms with Gasteiger partial charge < -0.3 is 11.3 Å². The number of ether oxygens (including phenoxy) is 1. The van der Waals surface area contributed by atoms with Gasteiger partial charge in [-0.3, -0.25) is 4.79 Å². The van der Waals surface area contributed by atoms with E-state index in [-0.39, 0.29) is 31.0 Å². The van der Waals surface area contributed by atoms with Crippen LogP contribution in [0, 0.1) is 0 Å². The fourth-order valence-electron chi connectivity index (χ4n) is 0.496. The molecule has 0 saturated carbocycles. The molecule has 1 rings (SSSR count). The van der Waals surface area contributed by atoms with Gasteiger partial charge in [-0.2, -0.15) is 0 Å². The van der Waals surface area contributed by atoms with E-state index in [4.69, 9.17) is 5.11 Å². The van der Waals surface area contributed by atoms with Gasteiger partial charge in [0, 0.05) is 0 Å². The quantitative estimate of drug-likeness (QED) is 0.467. The average molecular weight is 192 g/mol. The average Bonchev–Trinajstić information content (AvgIpc) is 2.08. The molecule has 3 nitrogen and oxygen atoms in total. The molecule has 1 aromatic rings. The summed E-state index contributed by atoms with van der Waals surface area (Å²) in [5.74, 6) is 0.322. The maximum absolute atomic E-state index is 9.18. The monoisotopic (exact) mass is 192 g/mol. The summed E-state index contributed by atoms with van der Waals surface area (Å²) in [6.45, 7) is 2.66. The van der Waals surface area contributed by atoms with Crippen LogP contribution in [-0.4, -0.2) is 18.2 Å². The molecule has 4 heteroatoms. The minimum atomic E-state index is 0. The SMILES string of the molecule is CCOC=O.Oc1ccccc1.[H-].[Na+]. The predicted octanol–water partition coefficient (Wildman–Crippen LogP) is -1.31. The maximum Gasteiger partial charge on any atom is 1.00 e. The van der Waals surface area contributed by atoms with Crippen molar-refractivity contribution in [1.29, 1.82) is 0 Å². The fraction of sp³-hybridized carbons (Fsp3) is 0.222. The Balaban J connectivity index is -0.000000159. The van der Waals surface area contributed by atoms with Gasteiger partial charge >= 0.3 is 29.6 Å². The Morgan fingerprint density at radius 2 is 2.00 bits per heavy atom. The van der Waals surface area contributed by atoms with E-state index in [9.17, 15) is 4.79 Å². The van der Waals surface area contributed by atoms with Crippen molar-refractivity contribution in [3.05, 3.63) is 30.3 Å². The first-order chi connectivity index (χ1) is 5.81. The zero-order valence-electron chi connectivity index (χ0n) is 8.93. The maximum atomic E-state index is 9.18. The van der Waals surface area contributed by atoms with Crippen LogP contribution >= 0.6 is 0 Å². The second-order valence-electron chi connectivity index (χ2n) is 1.89. The molecular formula is C9H13NaO3. The molecule has 0 saturated heterocycles. The van der Waals surface area contributed by atoms with Gasteiger partial charge in [0.15, 0.2) is 0 Å². The number of phenols is 1. The van der Waals surface area contributed by atoms with Crippen molar-refractivity contribution in [2.24, 2.45) is 0 Å². The third kappa shape index (κ3) is 11.5. The number of carbonyl (C=O) groups is 1. The van der Waals surface area contributed by atoms with Crippen LogP contribution in [0.4, 0.5) is 0 Å². The summed E-state index contributed by atoms with van der Waals surface area (Å²) in [6.07, 6.45) is 0. The van der Waals surface area contributed by atoms with E-state index in [1.54, 1.807) is 31.2 Å². The van der Waals surface area contributed by atoms with E-state index in [0.29, 0.717) is 18.8 Å². The van der Waals surface area contributed by atoms with E-state index in [0.717, 1.165) is 0 Å². The molecule has 0 atom stereocenters. The molecule has 0 radical (unpaired) electrons. The number of rotatable bonds is 2. The van der Waals surface area contributed by atoms with Crippen LogP contribution in [0.2, 0.25) is 0 Å². The molecular weight excluding hydrogens is 179 g/mol. The summed E-state index contributed by atoms with van der Waals surface area (Å²) in [5, 5.41) is 8.63. The zero-order valence-corrected chi connectivity index (χ0v) is 9.93. The Morgan fingerprint density at radius 1 is 1.46 bits per heavy atom. The Labute approximate surface area is 101 Å². The Hall–Kier alpha value is -0.510. The van der Waals surface area contributed by atoms with Crippen LogP contribution in [0.15, 0.2) is 30.3 Å². The topological polar surface area (TPSA) is 46.5 Å². The standard InChI is InChI=1S/C6H6O.C3H6O2.Na.H/c7-6-4-2-1-3-5-6;1-2-5-3-4;;/h1-5,7H;3H,2H2,1H3;;/q;;+1;-1. The van der Waals surface area contributed by atoms with E-state index >= 15 is 0 Å². The second kappa shape index (κ2) is 11.5. The number of hydrogen-bond donors (Lipinski definition) is 1. The van der Waals surface area contributed by atoms with Gasteiger partial charge in [0.1, 0.15) is 5.75 Å². The van der Waals surface area contributed by atoms with Gasteiger partial charge in [0.2, 0.25) is 0 Å². The van der Waals surface area contributed by atoms with Crippen LogP contribution in [0.25, 0.3) is 0 Å². The van der Waals surface area contributed by atoms with Crippen molar-refractivity contribution in [1.82, 2.24) is 0 Å². The third-order valence-corrected chi connectivity index (χ3v) is 0.991.